The molecule has 0 bridgehead atoms. The molecule has 1 rings (SSSR count). The van der Waals surface area contributed by atoms with Crippen LogP contribution in [-0.2, 0) is 14.3 Å². The van der Waals surface area contributed by atoms with Crippen molar-refractivity contribution in [2.75, 3.05) is 20.2 Å². The van der Waals surface area contributed by atoms with Crippen LogP contribution in [0.5, 0.6) is 0 Å². The molecule has 1 aliphatic heterocycles. The number of piperidine rings is 1. The van der Waals surface area contributed by atoms with Crippen molar-refractivity contribution in [3.05, 3.63) is 0 Å². The number of esters is 1. The van der Waals surface area contributed by atoms with Crippen LogP contribution >= 0.6 is 0 Å². The largest absolute Gasteiger partial charge is 0.468 e. The first-order chi connectivity index (χ1) is 8.06. The smallest absolute Gasteiger partial charge is 0.325 e. The van der Waals surface area contributed by atoms with E-state index >= 15 is 0 Å². The van der Waals surface area contributed by atoms with E-state index in [1.54, 1.807) is 4.90 Å². The zero-order valence-electron chi connectivity index (χ0n) is 10.9. The molecule has 5 nitrogen and oxygen atoms in total. The molecule has 98 valence electrons. The summed E-state index contributed by atoms with van der Waals surface area (Å²) < 4.78 is 4.62. The summed E-state index contributed by atoms with van der Waals surface area (Å²) in [6.07, 6.45) is 3.03. The first-order valence-electron chi connectivity index (χ1n) is 6.17. The summed E-state index contributed by atoms with van der Waals surface area (Å²) in [6, 6.07) is -0.138. The first-order valence-corrected chi connectivity index (χ1v) is 6.17. The summed E-state index contributed by atoms with van der Waals surface area (Å²) >= 11 is 0. The molecule has 17 heavy (non-hydrogen) atoms. The van der Waals surface area contributed by atoms with E-state index in [1.165, 1.54) is 7.11 Å². The molecule has 0 aromatic carbocycles. The van der Waals surface area contributed by atoms with Crippen molar-refractivity contribution in [1.82, 2.24) is 10.2 Å². The number of hydrogen-bond donors (Lipinski definition) is 1. The van der Waals surface area contributed by atoms with Crippen LogP contribution in [0.2, 0.25) is 0 Å². The molecular formula is C12H22N2O3. The lowest BCUT2D eigenvalue weighted by molar-refractivity contribution is -0.149. The van der Waals surface area contributed by atoms with E-state index in [0.717, 1.165) is 25.8 Å². The third-order valence-corrected chi connectivity index (χ3v) is 3.04. The monoisotopic (exact) mass is 242 g/mol. The van der Waals surface area contributed by atoms with Crippen molar-refractivity contribution >= 4 is 11.9 Å². The Morgan fingerprint density at radius 2 is 2.12 bits per heavy atom. The average Bonchev–Trinajstić information content (AvgIpc) is 2.35. The van der Waals surface area contributed by atoms with Crippen LogP contribution in [0.3, 0.4) is 0 Å². The van der Waals surface area contributed by atoms with Crippen molar-refractivity contribution in [2.24, 2.45) is 0 Å². The lowest BCUT2D eigenvalue weighted by atomic mass is 10.0. The molecule has 0 spiro atoms. The Bertz CT molecular complexity index is 273. The minimum absolute atomic E-state index is 0.00472. The van der Waals surface area contributed by atoms with Crippen LogP contribution in [0.4, 0.5) is 0 Å². The summed E-state index contributed by atoms with van der Waals surface area (Å²) in [6.45, 7) is 4.72. The number of nitrogens with one attached hydrogen (secondary N) is 1. The number of methoxy groups -OCH3 is 1. The zero-order valence-corrected chi connectivity index (χ0v) is 10.9. The molecule has 0 aromatic heterocycles. The average molecular weight is 242 g/mol. The van der Waals surface area contributed by atoms with E-state index in [0.29, 0.717) is 0 Å². The van der Waals surface area contributed by atoms with Gasteiger partial charge in [0.1, 0.15) is 6.54 Å². The highest BCUT2D eigenvalue weighted by atomic mass is 16.5. The van der Waals surface area contributed by atoms with Gasteiger partial charge in [-0.3, -0.25) is 9.59 Å². The molecule has 1 atom stereocenters. The summed E-state index contributed by atoms with van der Waals surface area (Å²) in [5.41, 5.74) is 0. The van der Waals surface area contributed by atoms with Gasteiger partial charge in [-0.15, -0.1) is 0 Å². The summed E-state index contributed by atoms with van der Waals surface area (Å²) in [5, 5.41) is 3.20. The molecule has 1 N–H and O–H groups in total. The lowest BCUT2D eigenvalue weighted by Crippen LogP contribution is -2.52. The number of carbonyl (C=O) groups is 2. The minimum atomic E-state index is -0.372. The number of ether oxygens (including phenoxy) is 1. The van der Waals surface area contributed by atoms with Crippen molar-refractivity contribution in [3.63, 3.8) is 0 Å². The van der Waals surface area contributed by atoms with Gasteiger partial charge in [-0.2, -0.15) is 0 Å². The standard InChI is InChI=1S/C12H22N2O3/c1-9(2)14(8-11(15)17-3)12(16)10-6-4-5-7-13-10/h9-10,13H,4-8H2,1-3H3/t10-/m0/s1. The summed E-state index contributed by atoms with van der Waals surface area (Å²) in [7, 11) is 1.34. The lowest BCUT2D eigenvalue weighted by Gasteiger charge is -2.31. The van der Waals surface area contributed by atoms with Gasteiger partial charge in [-0.1, -0.05) is 6.42 Å². The van der Waals surface area contributed by atoms with Crippen LogP contribution in [0.25, 0.3) is 0 Å². The van der Waals surface area contributed by atoms with Gasteiger partial charge in [0.25, 0.3) is 0 Å². The Hall–Kier alpha value is -1.10. The number of hydrogen-bond acceptors (Lipinski definition) is 4. The van der Waals surface area contributed by atoms with Gasteiger partial charge in [-0.25, -0.2) is 0 Å². The van der Waals surface area contributed by atoms with Gasteiger partial charge in [0.2, 0.25) is 5.91 Å². The highest BCUT2D eigenvalue weighted by Crippen LogP contribution is 2.11. The Morgan fingerprint density at radius 1 is 1.41 bits per heavy atom. The summed E-state index contributed by atoms with van der Waals surface area (Å²) in [5.74, 6) is -0.368. The molecule has 0 aliphatic carbocycles. The first kappa shape index (κ1) is 14.0. The fourth-order valence-corrected chi connectivity index (χ4v) is 1.98. The molecule has 0 radical (unpaired) electrons. The Morgan fingerprint density at radius 3 is 2.59 bits per heavy atom. The Labute approximate surface area is 102 Å². The molecule has 1 saturated heterocycles. The summed E-state index contributed by atoms with van der Waals surface area (Å²) in [4.78, 5) is 25.1. The molecule has 0 aromatic rings. The van der Waals surface area contributed by atoms with Gasteiger partial charge in [0, 0.05) is 6.04 Å². The number of rotatable bonds is 4. The van der Waals surface area contributed by atoms with Gasteiger partial charge in [0.05, 0.1) is 13.2 Å². The third-order valence-electron chi connectivity index (χ3n) is 3.04. The van der Waals surface area contributed by atoms with E-state index in [1.807, 2.05) is 13.8 Å². The highest BCUT2D eigenvalue weighted by molar-refractivity contribution is 5.86. The number of amides is 1. The predicted octanol–water partition coefficient (Wildman–Crippen LogP) is 0.538. The highest BCUT2D eigenvalue weighted by Gasteiger charge is 2.28. The predicted molar refractivity (Wildman–Crippen MR) is 64.5 cm³/mol. The van der Waals surface area contributed by atoms with Crippen LogP contribution < -0.4 is 5.32 Å². The van der Waals surface area contributed by atoms with E-state index in [-0.39, 0.29) is 30.5 Å². The topological polar surface area (TPSA) is 58.6 Å². The van der Waals surface area contributed by atoms with Crippen molar-refractivity contribution < 1.29 is 14.3 Å². The van der Waals surface area contributed by atoms with E-state index in [4.69, 9.17) is 0 Å². The molecule has 1 heterocycles. The Kier molecular flexibility index (Phi) is 5.41. The van der Waals surface area contributed by atoms with Crippen LogP contribution in [0.15, 0.2) is 0 Å². The van der Waals surface area contributed by atoms with E-state index < -0.39 is 0 Å². The zero-order chi connectivity index (χ0) is 12.8. The van der Waals surface area contributed by atoms with Gasteiger partial charge < -0.3 is 15.0 Å². The quantitative estimate of drug-likeness (QED) is 0.731. The number of nitrogens with zero attached hydrogens (tertiary/aromatic N) is 1. The molecule has 0 unspecified atom stereocenters. The maximum absolute atomic E-state index is 12.2. The second-order valence-electron chi connectivity index (χ2n) is 4.64. The Balaban J connectivity index is 2.62. The van der Waals surface area contributed by atoms with Crippen molar-refractivity contribution in [1.29, 1.82) is 0 Å². The maximum Gasteiger partial charge on any atom is 0.325 e. The van der Waals surface area contributed by atoms with E-state index in [9.17, 15) is 9.59 Å². The number of carbonyl (C=O) groups excluding carboxylic acids is 2. The van der Waals surface area contributed by atoms with Crippen molar-refractivity contribution in [2.45, 2.75) is 45.2 Å². The molecule has 1 aliphatic rings. The molecule has 1 amide bonds. The van der Waals surface area contributed by atoms with Gasteiger partial charge in [-0.05, 0) is 33.2 Å². The van der Waals surface area contributed by atoms with Crippen molar-refractivity contribution in [3.8, 4) is 0 Å². The maximum atomic E-state index is 12.2. The second-order valence-corrected chi connectivity index (χ2v) is 4.64. The molecular weight excluding hydrogens is 220 g/mol. The third kappa shape index (κ3) is 4.00. The molecule has 5 heteroatoms. The molecule has 1 fully saturated rings. The fraction of sp³-hybridized carbons (Fsp3) is 0.833. The fourth-order valence-electron chi connectivity index (χ4n) is 1.98. The van der Waals surface area contributed by atoms with Gasteiger partial charge >= 0.3 is 5.97 Å². The van der Waals surface area contributed by atoms with Crippen LogP contribution in [-0.4, -0.2) is 49.1 Å². The SMILES string of the molecule is COC(=O)CN(C(=O)[C@@H]1CCCCN1)C(C)C. The normalized spacial score (nSPS) is 20.1. The second kappa shape index (κ2) is 6.59. The minimum Gasteiger partial charge on any atom is -0.468 e. The molecule has 0 saturated carbocycles. The van der Waals surface area contributed by atoms with Crippen LogP contribution in [0.1, 0.15) is 33.1 Å². The van der Waals surface area contributed by atoms with Gasteiger partial charge in [0.15, 0.2) is 0 Å². The van der Waals surface area contributed by atoms with Crippen LogP contribution in [0, 0.1) is 0 Å². The van der Waals surface area contributed by atoms with E-state index in [2.05, 4.69) is 10.1 Å².